The van der Waals surface area contributed by atoms with Gasteiger partial charge in [-0.1, -0.05) is 0 Å². The van der Waals surface area contributed by atoms with Gasteiger partial charge in [0.1, 0.15) is 17.7 Å². The Hall–Kier alpha value is -2.68. The molecule has 0 aliphatic rings. The average molecular weight is 257 g/mol. The number of nitrogens with zero attached hydrogens (tertiary/aromatic N) is 3. The Morgan fingerprint density at radius 3 is 2.95 bits per heavy atom. The van der Waals surface area contributed by atoms with Crippen molar-refractivity contribution in [1.29, 1.82) is 5.26 Å². The molecule has 0 fully saturated rings. The molecular weight excluding hydrogens is 245 g/mol. The van der Waals surface area contributed by atoms with E-state index in [1.165, 1.54) is 12.1 Å². The molecule has 0 unspecified atom stereocenters. The van der Waals surface area contributed by atoms with Crippen molar-refractivity contribution in [3.63, 3.8) is 0 Å². The molecule has 0 saturated heterocycles. The fourth-order valence-corrected chi connectivity index (χ4v) is 1.51. The topological polar surface area (TPSA) is 73.6 Å². The lowest BCUT2D eigenvalue weighted by Gasteiger charge is -2.07. The zero-order valence-corrected chi connectivity index (χ0v) is 10.3. The van der Waals surface area contributed by atoms with Crippen LogP contribution < -0.4 is 10.6 Å². The van der Waals surface area contributed by atoms with Gasteiger partial charge in [0.15, 0.2) is 0 Å². The fourth-order valence-electron chi connectivity index (χ4n) is 1.51. The van der Waals surface area contributed by atoms with Crippen molar-refractivity contribution in [3.05, 3.63) is 41.8 Å². The molecule has 6 heteroatoms. The maximum Gasteiger partial charge on any atom is 0.224 e. The predicted molar refractivity (Wildman–Crippen MR) is 70.6 cm³/mol. The van der Waals surface area contributed by atoms with E-state index in [0.29, 0.717) is 17.5 Å². The Morgan fingerprint density at radius 2 is 2.21 bits per heavy atom. The molecule has 0 aliphatic carbocycles. The van der Waals surface area contributed by atoms with Crippen molar-refractivity contribution in [3.8, 4) is 6.07 Å². The van der Waals surface area contributed by atoms with E-state index in [4.69, 9.17) is 5.26 Å². The molecule has 0 spiro atoms. The lowest BCUT2D eigenvalue weighted by molar-refractivity contribution is 0.624. The van der Waals surface area contributed by atoms with Crippen LogP contribution in [-0.2, 0) is 0 Å². The third kappa shape index (κ3) is 3.16. The van der Waals surface area contributed by atoms with Crippen molar-refractivity contribution in [2.24, 2.45) is 0 Å². The van der Waals surface area contributed by atoms with E-state index in [1.807, 2.05) is 6.92 Å². The molecule has 1 aromatic heterocycles. The summed E-state index contributed by atoms with van der Waals surface area (Å²) in [6.07, 6.45) is 1.61. The summed E-state index contributed by atoms with van der Waals surface area (Å²) in [4.78, 5) is 8.27. The Bertz CT molecular complexity index is 621. The molecule has 0 saturated carbocycles. The van der Waals surface area contributed by atoms with Crippen molar-refractivity contribution >= 4 is 17.5 Å². The average Bonchev–Trinajstić information content (AvgIpc) is 2.42. The van der Waals surface area contributed by atoms with Crippen LogP contribution in [-0.4, -0.2) is 16.5 Å². The normalized spacial score (nSPS) is 9.74. The summed E-state index contributed by atoms with van der Waals surface area (Å²) in [5.41, 5.74) is 0.588. The molecule has 2 rings (SSSR count). The van der Waals surface area contributed by atoms with E-state index in [0.717, 1.165) is 6.54 Å². The molecule has 0 bridgehead atoms. The molecule has 1 heterocycles. The van der Waals surface area contributed by atoms with Gasteiger partial charge >= 0.3 is 0 Å². The number of halogens is 1. The molecule has 5 nitrogen and oxygen atoms in total. The molecule has 0 amide bonds. The largest absolute Gasteiger partial charge is 0.354 e. The zero-order chi connectivity index (χ0) is 13.7. The second-order valence-corrected chi connectivity index (χ2v) is 3.73. The minimum Gasteiger partial charge on any atom is -0.354 e. The smallest absolute Gasteiger partial charge is 0.224 e. The molecule has 2 N–H and O–H groups in total. The highest BCUT2D eigenvalue weighted by atomic mass is 19.1. The van der Waals surface area contributed by atoms with Crippen molar-refractivity contribution in [2.45, 2.75) is 6.92 Å². The number of anilines is 3. The maximum atomic E-state index is 13.2. The van der Waals surface area contributed by atoms with Crippen LogP contribution in [0.1, 0.15) is 12.5 Å². The zero-order valence-electron chi connectivity index (χ0n) is 10.3. The van der Waals surface area contributed by atoms with E-state index >= 15 is 0 Å². The SMILES string of the molecule is CCNc1nccc(Nc2ccc(F)c(C#N)c2)n1. The molecule has 0 radical (unpaired) electrons. The quantitative estimate of drug-likeness (QED) is 0.880. The number of nitriles is 1. The third-order valence-corrected chi connectivity index (χ3v) is 2.35. The highest BCUT2D eigenvalue weighted by molar-refractivity contribution is 5.59. The fraction of sp³-hybridized carbons (Fsp3) is 0.154. The Morgan fingerprint density at radius 1 is 1.37 bits per heavy atom. The van der Waals surface area contributed by atoms with Crippen molar-refractivity contribution in [1.82, 2.24) is 9.97 Å². The summed E-state index contributed by atoms with van der Waals surface area (Å²) >= 11 is 0. The summed E-state index contributed by atoms with van der Waals surface area (Å²) < 4.78 is 13.2. The van der Waals surface area contributed by atoms with Gasteiger partial charge in [-0.3, -0.25) is 0 Å². The van der Waals surface area contributed by atoms with Gasteiger partial charge in [0.25, 0.3) is 0 Å². The van der Waals surface area contributed by atoms with Gasteiger partial charge in [-0.2, -0.15) is 10.2 Å². The van der Waals surface area contributed by atoms with Crippen molar-refractivity contribution < 1.29 is 4.39 Å². The molecule has 1 aromatic carbocycles. The highest BCUT2D eigenvalue weighted by Crippen LogP contribution is 2.18. The first-order valence-electron chi connectivity index (χ1n) is 5.76. The molecule has 0 atom stereocenters. The second-order valence-electron chi connectivity index (χ2n) is 3.73. The molecular formula is C13H12FN5. The standard InChI is InChI=1S/C13H12FN5/c1-2-16-13-17-6-5-12(19-13)18-10-3-4-11(14)9(7-10)8-15/h3-7H,2H2,1H3,(H2,16,17,18,19). The van der Waals surface area contributed by atoms with Gasteiger partial charge in [-0.05, 0) is 31.2 Å². The Labute approximate surface area is 110 Å². The van der Waals surface area contributed by atoms with Gasteiger partial charge in [0, 0.05) is 18.4 Å². The number of hydrogen-bond acceptors (Lipinski definition) is 5. The maximum absolute atomic E-state index is 13.2. The predicted octanol–water partition coefficient (Wildman–Crippen LogP) is 2.66. The Kier molecular flexibility index (Phi) is 3.88. The Balaban J connectivity index is 2.21. The molecule has 0 aliphatic heterocycles. The van der Waals surface area contributed by atoms with Gasteiger partial charge in [0.05, 0.1) is 5.56 Å². The number of hydrogen-bond donors (Lipinski definition) is 2. The van der Waals surface area contributed by atoms with Crippen LogP contribution in [0.4, 0.5) is 21.8 Å². The van der Waals surface area contributed by atoms with E-state index in [2.05, 4.69) is 20.6 Å². The van der Waals surface area contributed by atoms with Crippen LogP contribution >= 0.6 is 0 Å². The van der Waals surface area contributed by atoms with E-state index in [9.17, 15) is 4.39 Å². The first-order valence-corrected chi connectivity index (χ1v) is 5.76. The number of rotatable bonds is 4. The van der Waals surface area contributed by atoms with Gasteiger partial charge in [-0.25, -0.2) is 9.37 Å². The van der Waals surface area contributed by atoms with Gasteiger partial charge in [-0.15, -0.1) is 0 Å². The van der Waals surface area contributed by atoms with E-state index in [1.54, 1.807) is 24.4 Å². The van der Waals surface area contributed by atoms with E-state index < -0.39 is 5.82 Å². The van der Waals surface area contributed by atoms with Crippen LogP contribution in [0, 0.1) is 17.1 Å². The van der Waals surface area contributed by atoms with Crippen LogP contribution in [0.5, 0.6) is 0 Å². The number of nitrogens with one attached hydrogen (secondary N) is 2. The summed E-state index contributed by atoms with van der Waals surface area (Å²) in [6, 6.07) is 7.71. The number of benzene rings is 1. The minimum atomic E-state index is -0.538. The summed E-state index contributed by atoms with van der Waals surface area (Å²) in [7, 11) is 0. The second kappa shape index (κ2) is 5.78. The van der Waals surface area contributed by atoms with Gasteiger partial charge in [0.2, 0.25) is 5.95 Å². The van der Waals surface area contributed by atoms with Crippen molar-refractivity contribution in [2.75, 3.05) is 17.2 Å². The van der Waals surface area contributed by atoms with Gasteiger partial charge < -0.3 is 10.6 Å². The van der Waals surface area contributed by atoms with E-state index in [-0.39, 0.29) is 5.56 Å². The lowest BCUT2D eigenvalue weighted by Crippen LogP contribution is -2.03. The summed E-state index contributed by atoms with van der Waals surface area (Å²) in [5, 5.41) is 14.8. The first kappa shape index (κ1) is 12.8. The van der Waals surface area contributed by atoms with Crippen LogP contribution in [0.15, 0.2) is 30.5 Å². The third-order valence-electron chi connectivity index (χ3n) is 2.35. The van der Waals surface area contributed by atoms with Crippen LogP contribution in [0.3, 0.4) is 0 Å². The highest BCUT2D eigenvalue weighted by Gasteiger charge is 2.04. The number of aromatic nitrogens is 2. The summed E-state index contributed by atoms with van der Waals surface area (Å²) in [6.45, 7) is 2.67. The molecule has 19 heavy (non-hydrogen) atoms. The first-order chi connectivity index (χ1) is 9.22. The lowest BCUT2D eigenvalue weighted by atomic mass is 10.2. The monoisotopic (exact) mass is 257 g/mol. The molecule has 96 valence electrons. The summed E-state index contributed by atoms with van der Waals surface area (Å²) in [5.74, 6) is 0.542. The minimum absolute atomic E-state index is 0.00837. The van der Waals surface area contributed by atoms with Crippen LogP contribution in [0.2, 0.25) is 0 Å². The van der Waals surface area contributed by atoms with Crippen LogP contribution in [0.25, 0.3) is 0 Å². The molecule has 2 aromatic rings.